The summed E-state index contributed by atoms with van der Waals surface area (Å²) in [6, 6.07) is 0. The van der Waals surface area contributed by atoms with Gasteiger partial charge in [-0.25, -0.2) is 0 Å². The second-order valence-electron chi connectivity index (χ2n) is 3.00. The molecule has 0 atom stereocenters. The molecule has 2 rings (SSSR count). The van der Waals surface area contributed by atoms with Crippen molar-refractivity contribution in [1.82, 2.24) is 14.5 Å². The Bertz CT molecular complexity index is 563. The smallest absolute Gasteiger partial charge is 0.304 e. The van der Waals surface area contributed by atoms with E-state index in [9.17, 15) is 4.79 Å². The van der Waals surface area contributed by atoms with Crippen LogP contribution in [0.2, 0.25) is 0 Å². The highest BCUT2D eigenvalue weighted by molar-refractivity contribution is 7.71. The van der Waals surface area contributed by atoms with Crippen LogP contribution < -0.4 is 4.87 Å². The van der Waals surface area contributed by atoms with Crippen LogP contribution in [0.5, 0.6) is 0 Å². The summed E-state index contributed by atoms with van der Waals surface area (Å²) in [7, 11) is 0. The molecule has 0 bridgehead atoms. The van der Waals surface area contributed by atoms with Crippen molar-refractivity contribution in [2.45, 2.75) is 13.2 Å². The number of hydrogen-bond donors (Lipinski definition) is 3. The summed E-state index contributed by atoms with van der Waals surface area (Å²) in [5.74, 6) is 0. The van der Waals surface area contributed by atoms with Crippen molar-refractivity contribution in [3.8, 4) is 0 Å². The summed E-state index contributed by atoms with van der Waals surface area (Å²) in [6.45, 7) is 0.387. The zero-order valence-corrected chi connectivity index (χ0v) is 9.32. The largest absolute Gasteiger partial charge is 0.390 e. The minimum atomic E-state index is -0.0856. The fourth-order valence-corrected chi connectivity index (χ4v) is 2.11. The van der Waals surface area contributed by atoms with Gasteiger partial charge in [-0.05, 0) is 12.2 Å². The summed E-state index contributed by atoms with van der Waals surface area (Å²) in [5, 5.41) is 10.8. The molecule has 5 nitrogen and oxygen atoms in total. The molecule has 0 amide bonds. The molecule has 7 heteroatoms. The molecule has 80 valence electrons. The van der Waals surface area contributed by atoms with Gasteiger partial charge in [-0.15, -0.1) is 0 Å². The monoisotopic (exact) mass is 243 g/mol. The van der Waals surface area contributed by atoms with E-state index in [0.29, 0.717) is 17.0 Å². The van der Waals surface area contributed by atoms with E-state index in [2.05, 4.69) is 9.97 Å². The van der Waals surface area contributed by atoms with Crippen LogP contribution in [0.15, 0.2) is 16.4 Å². The molecule has 3 N–H and O–H groups in total. The molecule has 0 saturated carbocycles. The van der Waals surface area contributed by atoms with Crippen LogP contribution in [0, 0.1) is 4.77 Å². The molecule has 0 fully saturated rings. The molecule has 0 aliphatic rings. The number of imidazole rings is 1. The van der Waals surface area contributed by atoms with Gasteiger partial charge in [-0.3, -0.25) is 4.79 Å². The molecule has 0 radical (unpaired) electrons. The van der Waals surface area contributed by atoms with Gasteiger partial charge in [0.1, 0.15) is 0 Å². The molecule has 15 heavy (non-hydrogen) atoms. The van der Waals surface area contributed by atoms with Gasteiger partial charge in [-0.1, -0.05) is 11.3 Å². The van der Waals surface area contributed by atoms with E-state index >= 15 is 0 Å². The third-order valence-corrected chi connectivity index (χ3v) is 3.07. The Hall–Kier alpha value is -1.18. The molecule has 0 aliphatic heterocycles. The zero-order chi connectivity index (χ0) is 10.8. The van der Waals surface area contributed by atoms with Crippen molar-refractivity contribution in [2.24, 2.45) is 0 Å². The predicted octanol–water partition coefficient (Wildman–Crippen LogP) is 0.836. The highest BCUT2D eigenvalue weighted by Crippen LogP contribution is 2.06. The zero-order valence-electron chi connectivity index (χ0n) is 7.69. The maximum absolute atomic E-state index is 10.9. The molecule has 0 unspecified atom stereocenters. The van der Waals surface area contributed by atoms with Crippen LogP contribution in [0.4, 0.5) is 0 Å². The summed E-state index contributed by atoms with van der Waals surface area (Å²) < 4.78 is 2.28. The molecule has 0 aliphatic carbocycles. The van der Waals surface area contributed by atoms with E-state index in [1.807, 2.05) is 0 Å². The minimum absolute atomic E-state index is 0.0818. The number of aliphatic hydroxyl groups excluding tert-OH is 1. The topological polar surface area (TPSA) is 73.8 Å². The van der Waals surface area contributed by atoms with E-state index in [1.54, 1.807) is 16.1 Å². The summed E-state index contributed by atoms with van der Waals surface area (Å²) in [6.07, 6.45) is 1.66. The fraction of sp³-hybridized carbons (Fsp3) is 0.250. The lowest BCUT2D eigenvalue weighted by molar-refractivity contribution is 0.271. The number of rotatable bonds is 3. The van der Waals surface area contributed by atoms with Crippen molar-refractivity contribution in [2.75, 3.05) is 0 Å². The van der Waals surface area contributed by atoms with Gasteiger partial charge in [0.25, 0.3) is 0 Å². The summed E-state index contributed by atoms with van der Waals surface area (Å²) in [5.41, 5.74) is 1.49. The van der Waals surface area contributed by atoms with Crippen LogP contribution in [-0.2, 0) is 13.2 Å². The minimum Gasteiger partial charge on any atom is -0.390 e. The lowest BCUT2D eigenvalue weighted by Crippen LogP contribution is -2.06. The molecule has 2 heterocycles. The number of nitrogens with zero attached hydrogens (tertiary/aromatic N) is 1. The first-order valence-electron chi connectivity index (χ1n) is 4.25. The van der Waals surface area contributed by atoms with E-state index in [1.165, 1.54) is 0 Å². The third kappa shape index (κ3) is 2.09. The van der Waals surface area contributed by atoms with Gasteiger partial charge in [0.05, 0.1) is 18.8 Å². The van der Waals surface area contributed by atoms with E-state index in [0.717, 1.165) is 17.0 Å². The van der Waals surface area contributed by atoms with Crippen molar-refractivity contribution in [3.05, 3.63) is 37.4 Å². The van der Waals surface area contributed by atoms with Crippen LogP contribution in [-0.4, -0.2) is 19.6 Å². The van der Waals surface area contributed by atoms with Crippen LogP contribution >= 0.6 is 23.6 Å². The van der Waals surface area contributed by atoms with Gasteiger partial charge in [0.2, 0.25) is 0 Å². The molecule has 2 aromatic rings. The number of aliphatic hydroxyl groups is 1. The third-order valence-electron chi connectivity index (χ3n) is 2.02. The predicted molar refractivity (Wildman–Crippen MR) is 59.6 cm³/mol. The standard InChI is InChI=1S/C8H9N3O2S2/c12-3-6-1-9-7(14)11(6)2-5-4-15-8(13)10-5/h1,4,12H,2-3H2,(H,9,14)(H,10,13). The lowest BCUT2D eigenvalue weighted by Gasteiger charge is -2.03. The Morgan fingerprint density at radius 2 is 2.40 bits per heavy atom. The Balaban J connectivity index is 2.35. The fourth-order valence-electron chi connectivity index (χ4n) is 1.30. The first-order valence-corrected chi connectivity index (χ1v) is 5.54. The number of aromatic amines is 2. The molecule has 0 aromatic carbocycles. The molecular weight excluding hydrogens is 234 g/mol. The second-order valence-corrected chi connectivity index (χ2v) is 4.23. The van der Waals surface area contributed by atoms with Crippen molar-refractivity contribution >= 4 is 23.6 Å². The SMILES string of the molecule is O=c1[nH]c(Cn2c(CO)c[nH]c2=S)cs1. The molecule has 2 aromatic heterocycles. The Kier molecular flexibility index (Phi) is 2.85. The summed E-state index contributed by atoms with van der Waals surface area (Å²) >= 11 is 6.17. The molecule has 0 spiro atoms. The number of aromatic nitrogens is 3. The van der Waals surface area contributed by atoms with Crippen LogP contribution in [0.3, 0.4) is 0 Å². The molecular formula is C8H9N3O2S2. The first kappa shape index (κ1) is 10.3. The highest BCUT2D eigenvalue weighted by atomic mass is 32.1. The average Bonchev–Trinajstić information content (AvgIpc) is 2.76. The van der Waals surface area contributed by atoms with Gasteiger partial charge < -0.3 is 19.6 Å². The van der Waals surface area contributed by atoms with Crippen molar-refractivity contribution in [1.29, 1.82) is 0 Å². The maximum Gasteiger partial charge on any atom is 0.304 e. The Labute approximate surface area is 94.0 Å². The van der Waals surface area contributed by atoms with E-state index < -0.39 is 0 Å². The van der Waals surface area contributed by atoms with Crippen molar-refractivity contribution in [3.63, 3.8) is 0 Å². The quantitative estimate of drug-likeness (QED) is 0.699. The maximum atomic E-state index is 10.9. The van der Waals surface area contributed by atoms with Crippen LogP contribution in [0.25, 0.3) is 0 Å². The lowest BCUT2D eigenvalue weighted by atomic mass is 10.4. The Morgan fingerprint density at radius 1 is 1.60 bits per heavy atom. The van der Waals surface area contributed by atoms with Gasteiger partial charge in [0.15, 0.2) is 4.77 Å². The van der Waals surface area contributed by atoms with E-state index in [4.69, 9.17) is 17.3 Å². The second kappa shape index (κ2) is 4.13. The summed E-state index contributed by atoms with van der Waals surface area (Å²) in [4.78, 5) is 16.4. The van der Waals surface area contributed by atoms with Crippen molar-refractivity contribution < 1.29 is 5.11 Å². The van der Waals surface area contributed by atoms with Crippen LogP contribution in [0.1, 0.15) is 11.4 Å². The number of H-pyrrole nitrogens is 2. The number of nitrogens with one attached hydrogen (secondary N) is 2. The highest BCUT2D eigenvalue weighted by Gasteiger charge is 2.04. The molecule has 0 saturated heterocycles. The number of thiazole rings is 1. The van der Waals surface area contributed by atoms with Gasteiger partial charge >= 0.3 is 4.87 Å². The normalized spacial score (nSPS) is 10.7. The first-order chi connectivity index (χ1) is 7.20. The van der Waals surface area contributed by atoms with E-state index in [-0.39, 0.29) is 11.5 Å². The van der Waals surface area contributed by atoms with Gasteiger partial charge in [0, 0.05) is 17.3 Å². The number of hydrogen-bond acceptors (Lipinski definition) is 4. The Morgan fingerprint density at radius 3 is 3.00 bits per heavy atom. The van der Waals surface area contributed by atoms with Gasteiger partial charge in [-0.2, -0.15) is 0 Å². The average molecular weight is 243 g/mol.